The summed E-state index contributed by atoms with van der Waals surface area (Å²) in [4.78, 5) is 62.6. The quantitative estimate of drug-likeness (QED) is 0.0709. The number of carbonyl (C=O) groups excluding carboxylic acids is 3. The van der Waals surface area contributed by atoms with Gasteiger partial charge in [0.2, 0.25) is 17.5 Å². The Labute approximate surface area is 221 Å². The summed E-state index contributed by atoms with van der Waals surface area (Å²) in [5, 5.41) is 31.1. The highest BCUT2D eigenvalue weighted by Gasteiger charge is 2.55. The molecule has 4 heterocycles. The number of carbonyl (C=O) groups is 4. The average molecular weight is 569 g/mol. The third-order valence-corrected chi connectivity index (χ3v) is 7.63. The molecule has 4 N–H and O–H groups in total. The third-order valence-electron chi connectivity index (χ3n) is 5.11. The van der Waals surface area contributed by atoms with E-state index in [1.54, 1.807) is 6.92 Å². The lowest BCUT2D eigenvalue weighted by atomic mass is 10.0. The number of tetrazole rings is 1. The highest BCUT2D eigenvalue weighted by atomic mass is 35.5. The number of hydrogen-bond donors (Lipinski definition) is 4. The second-order valence-corrected chi connectivity index (χ2v) is 10.1. The first kappa shape index (κ1) is 26.3. The molecular weight excluding hydrogens is 552 g/mol. The summed E-state index contributed by atoms with van der Waals surface area (Å²) in [6, 6.07) is 0.181. The van der Waals surface area contributed by atoms with Gasteiger partial charge < -0.3 is 15.3 Å². The molecule has 0 saturated carbocycles. The zero-order valence-electron chi connectivity index (χ0n) is 18.9. The fraction of sp³-hybridized carbons (Fsp3) is 0.333. The smallest absolute Gasteiger partial charge is 0.352 e. The Bertz CT molecular complexity index is 1310. The zero-order valence-corrected chi connectivity index (χ0v) is 21.3. The van der Waals surface area contributed by atoms with Crippen molar-refractivity contribution in [3.05, 3.63) is 28.2 Å². The molecule has 2 aliphatic rings. The molecule has 0 spiro atoms. The van der Waals surface area contributed by atoms with Crippen LogP contribution < -0.4 is 10.6 Å². The van der Waals surface area contributed by atoms with Crippen LogP contribution in [-0.2, 0) is 24.0 Å². The van der Waals surface area contributed by atoms with E-state index < -0.39 is 29.2 Å². The van der Waals surface area contributed by atoms with Gasteiger partial charge in [-0.15, -0.1) is 22.0 Å². The summed E-state index contributed by atoms with van der Waals surface area (Å²) in [5.41, 5.74) is -0.0631. The number of nitrogens with zero attached hydrogens (tertiary/aromatic N) is 7. The van der Waals surface area contributed by atoms with Crippen molar-refractivity contribution in [1.82, 2.24) is 40.8 Å². The molecule has 2 aromatic rings. The van der Waals surface area contributed by atoms with Crippen LogP contribution in [0.1, 0.15) is 12.6 Å². The van der Waals surface area contributed by atoms with Gasteiger partial charge in [0.05, 0.1) is 0 Å². The van der Waals surface area contributed by atoms with E-state index in [4.69, 9.17) is 16.4 Å². The molecule has 16 nitrogen and oxygen atoms in total. The maximum absolute atomic E-state index is 13.1. The van der Waals surface area contributed by atoms with Gasteiger partial charge in [-0.1, -0.05) is 28.5 Å². The minimum atomic E-state index is -1.27. The number of nitrogens with one attached hydrogen (secondary N) is 3. The summed E-state index contributed by atoms with van der Waals surface area (Å²) in [6.45, 7) is 1.78. The topological polar surface area (TPSA) is 218 Å². The second kappa shape index (κ2) is 11.1. The Kier molecular flexibility index (Phi) is 7.89. The number of carboxylic acid groups (broad SMARTS) is 1. The maximum Gasteiger partial charge on any atom is 0.352 e. The summed E-state index contributed by atoms with van der Waals surface area (Å²) >= 11 is 8.44. The summed E-state index contributed by atoms with van der Waals surface area (Å²) < 4.78 is 0. The number of rotatable bonds is 10. The van der Waals surface area contributed by atoms with Crippen molar-refractivity contribution in [2.24, 2.45) is 5.16 Å². The summed E-state index contributed by atoms with van der Waals surface area (Å²) in [6.07, 6.45) is 0.327. The number of fused-ring (bicyclic) bond motifs is 1. The van der Waals surface area contributed by atoms with E-state index in [-0.39, 0.29) is 39.2 Å². The van der Waals surface area contributed by atoms with E-state index >= 15 is 0 Å². The van der Waals surface area contributed by atoms with Gasteiger partial charge in [0.15, 0.2) is 5.71 Å². The zero-order chi connectivity index (χ0) is 26.7. The molecule has 3 amide bonds. The van der Waals surface area contributed by atoms with E-state index in [0.29, 0.717) is 17.1 Å². The Hall–Kier alpha value is -3.77. The fourth-order valence-corrected chi connectivity index (χ4v) is 6.14. The first-order chi connectivity index (χ1) is 17.7. The molecule has 2 unspecified atom stereocenters. The molecule has 37 heavy (non-hydrogen) atoms. The number of oxime groups is 1. The number of anilines is 1. The number of halogens is 1. The first-order valence-electron chi connectivity index (χ1n) is 10.2. The van der Waals surface area contributed by atoms with Crippen LogP contribution >= 0.6 is 35.1 Å². The number of H-pyrrole nitrogens is 1. The van der Waals surface area contributed by atoms with Gasteiger partial charge in [0.25, 0.3) is 11.8 Å². The van der Waals surface area contributed by atoms with Gasteiger partial charge in [0, 0.05) is 17.1 Å². The molecule has 4 rings (SSSR count). The molecule has 2 aromatic heterocycles. The van der Waals surface area contributed by atoms with Crippen LogP contribution in [0.25, 0.3) is 0 Å². The normalized spacial score (nSPS) is 20.0. The molecule has 19 heteroatoms. The van der Waals surface area contributed by atoms with Gasteiger partial charge in [-0.2, -0.15) is 5.21 Å². The van der Waals surface area contributed by atoms with Crippen LogP contribution in [0.4, 0.5) is 5.95 Å². The van der Waals surface area contributed by atoms with Crippen LogP contribution in [0.5, 0.6) is 0 Å². The molecule has 0 aliphatic carbocycles. The molecule has 0 aromatic carbocycles. The van der Waals surface area contributed by atoms with E-state index in [9.17, 15) is 24.3 Å². The van der Waals surface area contributed by atoms with Crippen LogP contribution in [0.2, 0.25) is 5.15 Å². The molecule has 3 atom stereocenters. The van der Waals surface area contributed by atoms with E-state index in [2.05, 4.69) is 46.4 Å². The second-order valence-electron chi connectivity index (χ2n) is 7.28. The molecule has 194 valence electrons. The van der Waals surface area contributed by atoms with Crippen molar-refractivity contribution in [2.75, 3.05) is 18.2 Å². The third kappa shape index (κ3) is 5.35. The van der Waals surface area contributed by atoms with Gasteiger partial charge in [-0.25, -0.2) is 14.8 Å². The van der Waals surface area contributed by atoms with Crippen LogP contribution in [0.15, 0.2) is 27.6 Å². The number of aromatic nitrogens is 6. The number of aliphatic carboxylic acids is 1. The van der Waals surface area contributed by atoms with Crippen molar-refractivity contribution >= 4 is 71.0 Å². The lowest BCUT2D eigenvalue weighted by Gasteiger charge is -2.49. The highest BCUT2D eigenvalue weighted by Crippen LogP contribution is 2.43. The van der Waals surface area contributed by atoms with Crippen molar-refractivity contribution in [3.63, 3.8) is 0 Å². The molecular formula is C18H17ClN10O6S2. The lowest BCUT2D eigenvalue weighted by molar-refractivity contribution is -0.150. The van der Waals surface area contributed by atoms with Gasteiger partial charge in [0.1, 0.15) is 35.1 Å². The lowest BCUT2D eigenvalue weighted by Crippen LogP contribution is -2.71. The van der Waals surface area contributed by atoms with Crippen LogP contribution in [-0.4, -0.2) is 100 Å². The predicted molar refractivity (Wildman–Crippen MR) is 129 cm³/mol. The van der Waals surface area contributed by atoms with Crippen molar-refractivity contribution in [3.8, 4) is 0 Å². The number of β-lactam (4-membered cyclic amide) rings is 1. The Morgan fingerprint density at radius 3 is 2.89 bits per heavy atom. The van der Waals surface area contributed by atoms with Crippen molar-refractivity contribution in [1.29, 1.82) is 0 Å². The predicted octanol–water partition coefficient (Wildman–Crippen LogP) is -0.519. The summed E-state index contributed by atoms with van der Waals surface area (Å²) in [5.74, 6) is -2.61. The van der Waals surface area contributed by atoms with Crippen molar-refractivity contribution in [2.45, 2.75) is 28.7 Å². The molecule has 2 aliphatic heterocycles. The van der Waals surface area contributed by atoms with E-state index in [0.717, 1.165) is 4.90 Å². The van der Waals surface area contributed by atoms with Crippen LogP contribution in [0, 0.1) is 0 Å². The van der Waals surface area contributed by atoms with Gasteiger partial charge >= 0.3 is 5.97 Å². The standard InChI is InChI=1S/C18H17ClN10O6S2/c1-6(37-18-24-27-28-25-18)7-4-36-15-11(14(32)29(15)12(7)16(33)34)23-13(31)10(26-35-2)8-3-9(19)22-17(21-8)20-5-30/h3,5-6,11,15H,4H2,1-2H3,(H,23,31)(H,33,34)(H,20,21,22,30)(H,24,25,27,28)/t6?,11?,15-/m1/s1. The van der Waals surface area contributed by atoms with E-state index in [1.807, 2.05) is 0 Å². The van der Waals surface area contributed by atoms with Crippen LogP contribution in [0.3, 0.4) is 0 Å². The first-order valence-corrected chi connectivity index (χ1v) is 12.5. The number of aromatic amines is 1. The SMILES string of the molecule is CON=C(C(=O)NC1C(=O)N2C(C(=O)O)=C(C(C)Sc3nn[nH]n3)CS[C@H]12)c1cc(Cl)nc(NC=O)n1. The fourth-order valence-electron chi connectivity index (χ4n) is 3.55. The van der Waals surface area contributed by atoms with Gasteiger partial charge in [-0.3, -0.25) is 24.6 Å². The largest absolute Gasteiger partial charge is 0.477 e. The Balaban J connectivity index is 1.54. The number of thioether (sulfide) groups is 2. The Morgan fingerprint density at radius 2 is 2.24 bits per heavy atom. The molecule has 0 bridgehead atoms. The average Bonchev–Trinajstić information content (AvgIpc) is 3.37. The summed E-state index contributed by atoms with van der Waals surface area (Å²) in [7, 11) is 1.20. The minimum Gasteiger partial charge on any atom is -0.477 e. The maximum atomic E-state index is 13.1. The molecule has 1 saturated heterocycles. The number of hydrogen-bond acceptors (Lipinski definition) is 13. The molecule has 1 fully saturated rings. The minimum absolute atomic E-state index is 0.0793. The van der Waals surface area contributed by atoms with Gasteiger partial charge in [-0.05, 0) is 17.7 Å². The van der Waals surface area contributed by atoms with Crippen molar-refractivity contribution < 1.29 is 29.1 Å². The monoisotopic (exact) mass is 568 g/mol. The highest BCUT2D eigenvalue weighted by molar-refractivity contribution is 8.01. The Morgan fingerprint density at radius 1 is 1.46 bits per heavy atom. The number of carboxylic acids is 1. The molecule has 0 radical (unpaired) electrons. The van der Waals surface area contributed by atoms with E-state index in [1.165, 1.54) is 36.7 Å². The number of amides is 3.